The number of aromatic nitrogens is 2. The third-order valence-corrected chi connectivity index (χ3v) is 8.17. The molecule has 1 N–H and O–H groups in total. The van der Waals surface area contributed by atoms with Crippen LogP contribution in [0.25, 0.3) is 10.9 Å². The number of nitrogens with zero attached hydrogens (tertiary/aromatic N) is 5. The Balaban J connectivity index is 0.000000331. The molecule has 5 rings (SSSR count). The second-order valence-corrected chi connectivity index (χ2v) is 11.6. The van der Waals surface area contributed by atoms with Gasteiger partial charge in [0.05, 0.1) is 29.7 Å². The minimum absolute atomic E-state index is 0.154. The summed E-state index contributed by atoms with van der Waals surface area (Å²) in [6.07, 6.45) is 9.65. The molecule has 12 nitrogen and oxygen atoms in total. The van der Waals surface area contributed by atoms with Crippen LogP contribution in [0.1, 0.15) is 90.7 Å². The van der Waals surface area contributed by atoms with Gasteiger partial charge in [0.1, 0.15) is 5.82 Å². The lowest BCUT2D eigenvalue weighted by atomic mass is 10.1. The van der Waals surface area contributed by atoms with Gasteiger partial charge < -0.3 is 14.8 Å². The highest BCUT2D eigenvalue weighted by Crippen LogP contribution is 2.28. The third kappa shape index (κ3) is 9.12. The summed E-state index contributed by atoms with van der Waals surface area (Å²) in [4.78, 5) is 66.6. The van der Waals surface area contributed by atoms with Crippen LogP contribution in [0.15, 0.2) is 54.6 Å². The molecule has 0 saturated carbocycles. The molecule has 1 fully saturated rings. The van der Waals surface area contributed by atoms with E-state index in [0.29, 0.717) is 67.0 Å². The second-order valence-electron chi connectivity index (χ2n) is 11.6. The zero-order chi connectivity index (χ0) is 34.6. The fourth-order valence-electron chi connectivity index (χ4n) is 5.65. The molecule has 2 aliphatic heterocycles. The van der Waals surface area contributed by atoms with Crippen molar-refractivity contribution in [2.45, 2.75) is 65.2 Å². The van der Waals surface area contributed by atoms with Crippen LogP contribution in [0.3, 0.4) is 0 Å². The van der Waals surface area contributed by atoms with E-state index in [1.165, 1.54) is 52.5 Å². The van der Waals surface area contributed by atoms with Crippen molar-refractivity contribution < 1.29 is 38.3 Å². The van der Waals surface area contributed by atoms with Crippen molar-refractivity contribution >= 4 is 46.4 Å². The molecule has 3 heterocycles. The zero-order valence-corrected chi connectivity index (χ0v) is 27.4. The number of rotatable bonds is 13. The third-order valence-electron chi connectivity index (χ3n) is 8.17. The molecule has 13 heteroatoms. The molecule has 0 aliphatic carbocycles. The van der Waals surface area contributed by atoms with E-state index < -0.39 is 17.8 Å². The topological polar surface area (TPSA) is 142 Å². The number of carbonyl (C=O) groups excluding carboxylic acids is 4. The predicted octanol–water partition coefficient (Wildman–Crippen LogP) is 5.48. The first-order chi connectivity index (χ1) is 23.1. The van der Waals surface area contributed by atoms with Crippen LogP contribution in [0, 0.1) is 5.82 Å². The van der Waals surface area contributed by atoms with Crippen LogP contribution < -0.4 is 4.90 Å². The number of fused-ring (bicyclic) bond motifs is 2. The number of hydrogen-bond acceptors (Lipinski definition) is 9. The zero-order valence-electron chi connectivity index (χ0n) is 27.4. The number of halogens is 1. The Morgan fingerprint density at radius 1 is 0.875 bits per heavy atom. The van der Waals surface area contributed by atoms with Crippen LogP contribution in [0.2, 0.25) is 0 Å². The Hall–Kier alpha value is -4.91. The number of carboxylic acid groups (broad SMARTS) is 1. The first kappa shape index (κ1) is 35.9. The van der Waals surface area contributed by atoms with E-state index in [4.69, 9.17) is 9.94 Å². The van der Waals surface area contributed by atoms with Gasteiger partial charge in [-0.05, 0) is 37.6 Å². The molecule has 0 spiro atoms. The molecule has 256 valence electrons. The van der Waals surface area contributed by atoms with Gasteiger partial charge in [-0.2, -0.15) is 4.68 Å². The number of benzene rings is 2. The van der Waals surface area contributed by atoms with Crippen LogP contribution in [0.5, 0.6) is 0 Å². The average molecular weight is 664 g/mol. The predicted molar refractivity (Wildman–Crippen MR) is 177 cm³/mol. The Morgan fingerprint density at radius 2 is 1.50 bits per heavy atom. The van der Waals surface area contributed by atoms with E-state index in [1.807, 2.05) is 4.90 Å². The van der Waals surface area contributed by atoms with Crippen molar-refractivity contribution in [2.75, 3.05) is 37.6 Å². The molecule has 48 heavy (non-hydrogen) atoms. The minimum Gasteiger partial charge on any atom is -0.478 e. The van der Waals surface area contributed by atoms with E-state index in [1.54, 1.807) is 37.3 Å². The summed E-state index contributed by atoms with van der Waals surface area (Å²) >= 11 is 0. The Labute approximate surface area is 278 Å². The molecule has 2 amide bonds. The molecule has 3 aromatic rings. The molecule has 1 aromatic heterocycles. The average Bonchev–Trinajstić information content (AvgIpc) is 3.57. The smallest absolute Gasteiger partial charge is 0.349 e. The summed E-state index contributed by atoms with van der Waals surface area (Å²) < 4.78 is 15.3. The molecule has 0 bridgehead atoms. The number of imide groups is 1. The SMILES string of the molecule is CCCCCCCCCC(=O)n1nc(N2CCN(OC(=O)/C=C\C(=O)O)CC2)c2ccc(F)cc21.CCN1C(=O)c2ccccc2C1=O. The van der Waals surface area contributed by atoms with E-state index >= 15 is 0 Å². The van der Waals surface area contributed by atoms with Gasteiger partial charge in [-0.25, -0.2) is 14.0 Å². The van der Waals surface area contributed by atoms with Crippen LogP contribution in [-0.2, 0) is 14.4 Å². The largest absolute Gasteiger partial charge is 0.478 e. The molecular weight excluding hydrogens is 621 g/mol. The molecule has 0 unspecified atom stereocenters. The van der Waals surface area contributed by atoms with Gasteiger partial charge >= 0.3 is 11.9 Å². The number of anilines is 1. The quantitative estimate of drug-likeness (QED) is 0.142. The normalized spacial score (nSPS) is 14.7. The molecule has 0 radical (unpaired) electrons. The number of aliphatic carboxylic acids is 1. The van der Waals surface area contributed by atoms with E-state index in [0.717, 1.165) is 31.4 Å². The van der Waals surface area contributed by atoms with Crippen molar-refractivity contribution in [3.8, 4) is 0 Å². The Morgan fingerprint density at radius 3 is 2.10 bits per heavy atom. The lowest BCUT2D eigenvalue weighted by Crippen LogP contribution is -2.47. The summed E-state index contributed by atoms with van der Waals surface area (Å²) in [5, 5.41) is 15.3. The summed E-state index contributed by atoms with van der Waals surface area (Å²) in [5.74, 6) is -2.34. The van der Waals surface area contributed by atoms with Crippen molar-refractivity contribution in [3.63, 3.8) is 0 Å². The number of carbonyl (C=O) groups is 5. The first-order valence-electron chi connectivity index (χ1n) is 16.4. The fourth-order valence-corrected chi connectivity index (χ4v) is 5.65. The monoisotopic (exact) mass is 663 g/mol. The van der Waals surface area contributed by atoms with E-state index in [-0.39, 0.29) is 17.7 Å². The fraction of sp³-hybridized carbons (Fsp3) is 0.429. The van der Waals surface area contributed by atoms with Gasteiger partial charge in [0, 0.05) is 49.7 Å². The van der Waals surface area contributed by atoms with Gasteiger partial charge in [-0.15, -0.1) is 10.2 Å². The second kappa shape index (κ2) is 17.3. The van der Waals surface area contributed by atoms with Crippen LogP contribution in [0.4, 0.5) is 10.2 Å². The van der Waals surface area contributed by atoms with Gasteiger partial charge in [0.2, 0.25) is 5.91 Å². The standard InChI is InChI=1S/C25H33FN4O5.C10H9NO2/c1-2-3-4-5-6-7-8-9-22(31)30-21-18-19(26)10-11-20(21)25(27-30)28-14-16-29(17-15-28)35-24(34)13-12-23(32)33;1-2-11-9(12)7-5-3-4-6-8(7)10(11)13/h10-13,18H,2-9,14-17H2,1H3,(H,32,33);3-6H,2H2,1H3/b13-12-;. The van der Waals surface area contributed by atoms with Crippen molar-refractivity contribution in [2.24, 2.45) is 0 Å². The van der Waals surface area contributed by atoms with Gasteiger partial charge in [-0.1, -0.05) is 57.6 Å². The van der Waals surface area contributed by atoms with E-state index in [2.05, 4.69) is 12.0 Å². The van der Waals surface area contributed by atoms with Gasteiger partial charge in [0.15, 0.2) is 5.82 Å². The number of hydroxylamine groups is 2. The maximum absolute atomic E-state index is 14.0. The minimum atomic E-state index is -1.23. The number of hydrogen-bond donors (Lipinski definition) is 1. The van der Waals surface area contributed by atoms with Crippen molar-refractivity contribution in [1.29, 1.82) is 0 Å². The number of piperazine rings is 1. The van der Waals surface area contributed by atoms with Gasteiger partial charge in [-0.3, -0.25) is 19.3 Å². The van der Waals surface area contributed by atoms with E-state index in [9.17, 15) is 28.4 Å². The molecule has 2 aromatic carbocycles. The van der Waals surface area contributed by atoms with Crippen molar-refractivity contribution in [1.82, 2.24) is 19.7 Å². The maximum atomic E-state index is 14.0. The summed E-state index contributed by atoms with van der Waals surface area (Å²) in [7, 11) is 0. The first-order valence-corrected chi connectivity index (χ1v) is 16.4. The summed E-state index contributed by atoms with van der Waals surface area (Å²) in [6, 6.07) is 11.2. The van der Waals surface area contributed by atoms with Crippen LogP contribution in [-0.4, -0.2) is 87.2 Å². The lowest BCUT2D eigenvalue weighted by Gasteiger charge is -2.33. The highest BCUT2D eigenvalue weighted by atomic mass is 19.1. The maximum Gasteiger partial charge on any atom is 0.349 e. The van der Waals surface area contributed by atoms with Gasteiger partial charge in [0.25, 0.3) is 11.8 Å². The van der Waals surface area contributed by atoms with Crippen molar-refractivity contribution in [3.05, 3.63) is 71.6 Å². The summed E-state index contributed by atoms with van der Waals surface area (Å²) in [6.45, 7) is 6.08. The van der Waals surface area contributed by atoms with Crippen LogP contribution >= 0.6 is 0 Å². The lowest BCUT2D eigenvalue weighted by molar-refractivity contribution is -0.185. The number of amides is 2. The molecular formula is C35H42FN5O7. The highest BCUT2D eigenvalue weighted by Gasteiger charge is 2.33. The number of carboxylic acids is 1. The highest BCUT2D eigenvalue weighted by molar-refractivity contribution is 6.21. The number of unbranched alkanes of at least 4 members (excludes halogenated alkanes) is 6. The molecule has 0 atom stereocenters. The summed E-state index contributed by atoms with van der Waals surface area (Å²) in [5.41, 5.74) is 1.49. The molecule has 2 aliphatic rings. The molecule has 1 saturated heterocycles. The Kier molecular flexibility index (Phi) is 13.0. The Bertz CT molecular complexity index is 1630.